The highest BCUT2D eigenvalue weighted by molar-refractivity contribution is 9.10. The van der Waals surface area contributed by atoms with Gasteiger partial charge in [0.2, 0.25) is 0 Å². The summed E-state index contributed by atoms with van der Waals surface area (Å²) in [6.07, 6.45) is 0. The number of nitrogens with one attached hydrogen (secondary N) is 1. The molecule has 1 aromatic rings. The summed E-state index contributed by atoms with van der Waals surface area (Å²) in [5, 5.41) is 11.8. The van der Waals surface area contributed by atoms with Crippen molar-refractivity contribution in [1.29, 1.82) is 5.26 Å². The molecule has 0 bridgehead atoms. The number of ether oxygens (including phenoxy) is 1. The summed E-state index contributed by atoms with van der Waals surface area (Å²) in [5.41, 5.74) is 1.13. The Labute approximate surface area is 105 Å². The molecule has 3 nitrogen and oxygen atoms in total. The Morgan fingerprint density at radius 3 is 2.88 bits per heavy atom. The number of nitriles is 1. The van der Waals surface area contributed by atoms with E-state index in [2.05, 4.69) is 35.1 Å². The molecule has 1 rings (SSSR count). The average molecular weight is 283 g/mol. The first-order chi connectivity index (χ1) is 7.63. The Hall–Kier alpha value is -1.05. The van der Waals surface area contributed by atoms with Crippen LogP contribution in [0.15, 0.2) is 22.7 Å². The van der Waals surface area contributed by atoms with E-state index in [9.17, 15) is 0 Å². The SMILES string of the molecule is CC(C)NCc1cc(OCC#N)ccc1Br. The normalized spacial score (nSPS) is 10.2. The second-order valence-electron chi connectivity index (χ2n) is 3.74. The molecule has 0 saturated carbocycles. The Kier molecular flexibility index (Phi) is 5.30. The van der Waals surface area contributed by atoms with Crippen LogP contribution in [0.3, 0.4) is 0 Å². The summed E-state index contributed by atoms with van der Waals surface area (Å²) in [7, 11) is 0. The minimum Gasteiger partial charge on any atom is -0.479 e. The van der Waals surface area contributed by atoms with Crippen molar-refractivity contribution in [3.05, 3.63) is 28.2 Å². The third kappa shape index (κ3) is 4.21. The van der Waals surface area contributed by atoms with E-state index < -0.39 is 0 Å². The molecule has 0 atom stereocenters. The molecule has 1 aromatic carbocycles. The lowest BCUT2D eigenvalue weighted by atomic mass is 10.2. The molecule has 86 valence electrons. The monoisotopic (exact) mass is 282 g/mol. The molecule has 16 heavy (non-hydrogen) atoms. The van der Waals surface area contributed by atoms with Crippen molar-refractivity contribution in [1.82, 2.24) is 5.32 Å². The van der Waals surface area contributed by atoms with Crippen molar-refractivity contribution in [2.45, 2.75) is 26.4 Å². The summed E-state index contributed by atoms with van der Waals surface area (Å²) >= 11 is 3.49. The van der Waals surface area contributed by atoms with Gasteiger partial charge in [-0.05, 0) is 23.8 Å². The summed E-state index contributed by atoms with van der Waals surface area (Å²) in [5.74, 6) is 0.727. The van der Waals surface area contributed by atoms with Crippen molar-refractivity contribution in [3.8, 4) is 11.8 Å². The standard InChI is InChI=1S/C12H15BrN2O/c1-9(2)15-8-10-7-11(16-6-5-14)3-4-12(10)13/h3-4,7,9,15H,6,8H2,1-2H3. The topological polar surface area (TPSA) is 45.0 Å². The summed E-state index contributed by atoms with van der Waals surface area (Å²) in [4.78, 5) is 0. The molecule has 0 amide bonds. The van der Waals surface area contributed by atoms with Gasteiger partial charge in [-0.1, -0.05) is 29.8 Å². The van der Waals surface area contributed by atoms with Crippen LogP contribution in [-0.4, -0.2) is 12.6 Å². The van der Waals surface area contributed by atoms with Gasteiger partial charge in [0.05, 0.1) is 0 Å². The highest BCUT2D eigenvalue weighted by Gasteiger charge is 2.03. The summed E-state index contributed by atoms with van der Waals surface area (Å²) < 4.78 is 6.29. The second-order valence-corrected chi connectivity index (χ2v) is 4.59. The molecule has 0 aliphatic heterocycles. The van der Waals surface area contributed by atoms with E-state index in [0.717, 1.165) is 22.3 Å². The lowest BCUT2D eigenvalue weighted by molar-refractivity contribution is 0.367. The molecule has 0 heterocycles. The lowest BCUT2D eigenvalue weighted by Crippen LogP contribution is -2.22. The van der Waals surface area contributed by atoms with E-state index >= 15 is 0 Å². The zero-order chi connectivity index (χ0) is 12.0. The van der Waals surface area contributed by atoms with Crippen LogP contribution >= 0.6 is 15.9 Å². The largest absolute Gasteiger partial charge is 0.479 e. The van der Waals surface area contributed by atoms with Crippen LogP contribution in [0.1, 0.15) is 19.4 Å². The maximum absolute atomic E-state index is 8.43. The number of hydrogen-bond donors (Lipinski definition) is 1. The van der Waals surface area contributed by atoms with E-state index in [0.29, 0.717) is 6.04 Å². The van der Waals surface area contributed by atoms with Crippen LogP contribution in [0.5, 0.6) is 5.75 Å². The Morgan fingerprint density at radius 1 is 1.50 bits per heavy atom. The molecule has 0 aliphatic rings. The van der Waals surface area contributed by atoms with Crippen molar-refractivity contribution in [2.75, 3.05) is 6.61 Å². The van der Waals surface area contributed by atoms with Crippen molar-refractivity contribution in [3.63, 3.8) is 0 Å². The molecule has 0 radical (unpaired) electrons. The minimum atomic E-state index is 0.0820. The van der Waals surface area contributed by atoms with Gasteiger partial charge in [0.25, 0.3) is 0 Å². The average Bonchev–Trinajstić information content (AvgIpc) is 2.26. The van der Waals surface area contributed by atoms with Crippen LogP contribution in [0, 0.1) is 11.3 Å². The van der Waals surface area contributed by atoms with Crippen LogP contribution in [-0.2, 0) is 6.54 Å². The smallest absolute Gasteiger partial charge is 0.174 e. The van der Waals surface area contributed by atoms with Crippen LogP contribution < -0.4 is 10.1 Å². The summed E-state index contributed by atoms with van der Waals surface area (Å²) in [6, 6.07) is 8.11. The van der Waals surface area contributed by atoms with Gasteiger partial charge in [-0.25, -0.2) is 0 Å². The van der Waals surface area contributed by atoms with E-state index in [1.54, 1.807) is 0 Å². The Bertz CT molecular complexity index is 385. The third-order valence-corrected chi connectivity index (χ3v) is 2.79. The van der Waals surface area contributed by atoms with Gasteiger partial charge >= 0.3 is 0 Å². The van der Waals surface area contributed by atoms with Crippen LogP contribution in [0.25, 0.3) is 0 Å². The predicted molar refractivity (Wildman–Crippen MR) is 67.2 cm³/mol. The molecule has 0 unspecified atom stereocenters. The van der Waals surface area contributed by atoms with Crippen molar-refractivity contribution in [2.24, 2.45) is 0 Å². The van der Waals surface area contributed by atoms with E-state index in [4.69, 9.17) is 10.00 Å². The number of hydrogen-bond acceptors (Lipinski definition) is 3. The molecular formula is C12H15BrN2O. The number of rotatable bonds is 5. The maximum atomic E-state index is 8.43. The fourth-order valence-electron chi connectivity index (χ4n) is 1.21. The lowest BCUT2D eigenvalue weighted by Gasteiger charge is -2.11. The number of benzene rings is 1. The van der Waals surface area contributed by atoms with E-state index in [-0.39, 0.29) is 6.61 Å². The van der Waals surface area contributed by atoms with Gasteiger partial charge in [-0.2, -0.15) is 5.26 Å². The van der Waals surface area contributed by atoms with E-state index in [1.165, 1.54) is 0 Å². The molecular weight excluding hydrogens is 268 g/mol. The quantitative estimate of drug-likeness (QED) is 0.903. The first kappa shape index (κ1) is 13.0. The number of nitrogens with zero attached hydrogens (tertiary/aromatic N) is 1. The van der Waals surface area contributed by atoms with Gasteiger partial charge in [0, 0.05) is 17.1 Å². The van der Waals surface area contributed by atoms with E-state index in [1.807, 2.05) is 24.3 Å². The van der Waals surface area contributed by atoms with Crippen molar-refractivity contribution < 1.29 is 4.74 Å². The number of halogens is 1. The second kappa shape index (κ2) is 6.51. The highest BCUT2D eigenvalue weighted by atomic mass is 79.9. The molecule has 0 spiro atoms. The molecule has 0 fully saturated rings. The molecule has 4 heteroatoms. The zero-order valence-corrected chi connectivity index (χ0v) is 11.0. The first-order valence-corrected chi connectivity index (χ1v) is 5.94. The fraction of sp³-hybridized carbons (Fsp3) is 0.417. The predicted octanol–water partition coefficient (Wildman–Crippen LogP) is 2.85. The van der Waals surface area contributed by atoms with Gasteiger partial charge < -0.3 is 10.1 Å². The maximum Gasteiger partial charge on any atom is 0.174 e. The van der Waals surface area contributed by atoms with Crippen LogP contribution in [0.2, 0.25) is 0 Å². The molecule has 0 saturated heterocycles. The Morgan fingerprint density at radius 2 is 2.25 bits per heavy atom. The zero-order valence-electron chi connectivity index (χ0n) is 9.46. The van der Waals surface area contributed by atoms with Crippen LogP contribution in [0.4, 0.5) is 0 Å². The van der Waals surface area contributed by atoms with Gasteiger partial charge in [-0.3, -0.25) is 0 Å². The first-order valence-electron chi connectivity index (χ1n) is 5.15. The van der Waals surface area contributed by atoms with Gasteiger partial charge in [0.15, 0.2) is 6.61 Å². The highest BCUT2D eigenvalue weighted by Crippen LogP contribution is 2.22. The third-order valence-electron chi connectivity index (χ3n) is 2.02. The van der Waals surface area contributed by atoms with Gasteiger partial charge in [0.1, 0.15) is 11.8 Å². The summed E-state index contributed by atoms with van der Waals surface area (Å²) in [6.45, 7) is 5.06. The van der Waals surface area contributed by atoms with Crippen molar-refractivity contribution >= 4 is 15.9 Å². The Balaban J connectivity index is 2.70. The fourth-order valence-corrected chi connectivity index (χ4v) is 1.59. The molecule has 0 aliphatic carbocycles. The molecule has 0 aromatic heterocycles. The molecule has 1 N–H and O–H groups in total. The van der Waals surface area contributed by atoms with Gasteiger partial charge in [-0.15, -0.1) is 0 Å². The minimum absolute atomic E-state index is 0.0820.